The fourth-order valence-electron chi connectivity index (χ4n) is 3.94. The number of benzene rings is 2. The summed E-state index contributed by atoms with van der Waals surface area (Å²) in [5.41, 5.74) is 5.38. The minimum atomic E-state index is 0.565. The molecule has 3 heteroatoms. The first-order chi connectivity index (χ1) is 12.3. The van der Waals surface area contributed by atoms with Crippen LogP contribution in [-0.4, -0.2) is 48.6 Å². The van der Waals surface area contributed by atoms with Gasteiger partial charge in [-0.1, -0.05) is 55.1 Å². The molecule has 0 aliphatic carbocycles. The molecule has 0 radical (unpaired) electrons. The summed E-state index contributed by atoms with van der Waals surface area (Å²) < 4.78 is 0. The molecule has 0 saturated carbocycles. The van der Waals surface area contributed by atoms with E-state index in [0.717, 1.165) is 32.6 Å². The lowest BCUT2D eigenvalue weighted by molar-refractivity contribution is 0.124. The summed E-state index contributed by atoms with van der Waals surface area (Å²) in [6.45, 7) is 10.7. The molecule has 130 valence electrons. The minimum absolute atomic E-state index is 0.565. The predicted molar refractivity (Wildman–Crippen MR) is 106 cm³/mol. The lowest BCUT2D eigenvalue weighted by atomic mass is 10.1. The molecule has 1 atom stereocenters. The number of piperazine rings is 1. The molecule has 2 heterocycles. The van der Waals surface area contributed by atoms with E-state index < -0.39 is 0 Å². The van der Waals surface area contributed by atoms with Crippen molar-refractivity contribution < 1.29 is 0 Å². The Morgan fingerprint density at radius 3 is 2.40 bits per heavy atom. The predicted octanol–water partition coefficient (Wildman–Crippen LogP) is 3.48. The quantitative estimate of drug-likeness (QED) is 0.904. The van der Waals surface area contributed by atoms with Gasteiger partial charge in [-0.05, 0) is 29.2 Å². The van der Waals surface area contributed by atoms with Crippen LogP contribution in [0.25, 0.3) is 6.08 Å². The molecule has 0 spiro atoms. The van der Waals surface area contributed by atoms with Gasteiger partial charge in [-0.3, -0.25) is 9.80 Å². The van der Waals surface area contributed by atoms with Gasteiger partial charge in [0.25, 0.3) is 0 Å². The van der Waals surface area contributed by atoms with Crippen molar-refractivity contribution in [1.82, 2.24) is 9.80 Å². The van der Waals surface area contributed by atoms with Crippen LogP contribution in [0.3, 0.4) is 0 Å². The molecule has 0 amide bonds. The highest BCUT2D eigenvalue weighted by Crippen LogP contribution is 2.25. The van der Waals surface area contributed by atoms with Crippen molar-refractivity contribution in [2.75, 3.05) is 38.0 Å². The van der Waals surface area contributed by atoms with Crippen LogP contribution in [0, 0.1) is 0 Å². The molecule has 3 nitrogen and oxygen atoms in total. The highest BCUT2D eigenvalue weighted by atomic mass is 15.3. The van der Waals surface area contributed by atoms with E-state index >= 15 is 0 Å². The molecule has 0 unspecified atom stereocenters. The molecule has 2 aliphatic heterocycles. The number of nitrogens with one attached hydrogen (secondary N) is 1. The van der Waals surface area contributed by atoms with Gasteiger partial charge in [-0.25, -0.2) is 0 Å². The zero-order chi connectivity index (χ0) is 17.1. The molecule has 2 aromatic rings. The minimum Gasteiger partial charge on any atom is -0.380 e. The number of para-hydroxylation sites is 1. The van der Waals surface area contributed by atoms with Crippen molar-refractivity contribution in [3.8, 4) is 0 Å². The van der Waals surface area contributed by atoms with Crippen molar-refractivity contribution >= 4 is 11.8 Å². The molecule has 2 aliphatic rings. The summed E-state index contributed by atoms with van der Waals surface area (Å²) >= 11 is 0. The average Bonchev–Trinajstić information content (AvgIpc) is 3.06. The zero-order valence-corrected chi connectivity index (χ0v) is 14.8. The van der Waals surface area contributed by atoms with Gasteiger partial charge in [-0.15, -0.1) is 0 Å². The molecule has 1 fully saturated rings. The van der Waals surface area contributed by atoms with Crippen molar-refractivity contribution in [3.63, 3.8) is 0 Å². The van der Waals surface area contributed by atoms with Crippen LogP contribution in [0.1, 0.15) is 16.7 Å². The molecule has 25 heavy (non-hydrogen) atoms. The van der Waals surface area contributed by atoms with E-state index in [1.807, 2.05) is 6.08 Å². The van der Waals surface area contributed by atoms with Crippen LogP contribution in [-0.2, 0) is 13.0 Å². The second-order valence-corrected chi connectivity index (χ2v) is 7.22. The van der Waals surface area contributed by atoms with Crippen molar-refractivity contribution in [1.29, 1.82) is 0 Å². The third-order valence-electron chi connectivity index (χ3n) is 5.41. The summed E-state index contributed by atoms with van der Waals surface area (Å²) in [4.78, 5) is 5.18. The first kappa shape index (κ1) is 16.4. The van der Waals surface area contributed by atoms with Gasteiger partial charge in [0, 0.05) is 51.0 Å². The summed E-state index contributed by atoms with van der Waals surface area (Å²) in [6, 6.07) is 18.0. The molecule has 1 N–H and O–H groups in total. The van der Waals surface area contributed by atoms with Gasteiger partial charge in [0.1, 0.15) is 0 Å². The summed E-state index contributed by atoms with van der Waals surface area (Å²) in [5, 5.41) is 3.68. The van der Waals surface area contributed by atoms with E-state index in [9.17, 15) is 0 Å². The number of nitrogens with zero attached hydrogens (tertiary/aromatic N) is 2. The Bertz CT molecular complexity index is 689. The number of rotatable bonds is 5. The third kappa shape index (κ3) is 3.94. The van der Waals surface area contributed by atoms with Crippen LogP contribution < -0.4 is 5.32 Å². The second-order valence-electron chi connectivity index (χ2n) is 7.22. The normalized spacial score (nSPS) is 20.9. The van der Waals surface area contributed by atoms with E-state index in [0.29, 0.717) is 6.04 Å². The lowest BCUT2D eigenvalue weighted by Gasteiger charge is -2.36. The Morgan fingerprint density at radius 1 is 0.960 bits per heavy atom. The van der Waals surface area contributed by atoms with Gasteiger partial charge in [0.2, 0.25) is 0 Å². The Balaban J connectivity index is 1.24. The Kier molecular flexibility index (Phi) is 4.86. The molecule has 0 aromatic heterocycles. The maximum Gasteiger partial charge on any atom is 0.0429 e. The van der Waals surface area contributed by atoms with Crippen molar-refractivity contribution in [3.05, 3.63) is 71.8 Å². The third-order valence-corrected chi connectivity index (χ3v) is 5.41. The highest BCUT2D eigenvalue weighted by Gasteiger charge is 2.24. The standard InChI is InChI=1S/C22H27N3/c1-2-18-7-9-19(10-8-18)16-24-11-13-25(14-12-24)17-21-15-20-5-3-4-6-22(20)23-21/h2-10,21,23H,1,11-17H2/t21-/m0/s1. The van der Waals surface area contributed by atoms with E-state index in [1.165, 1.54) is 35.5 Å². The Morgan fingerprint density at radius 2 is 1.68 bits per heavy atom. The van der Waals surface area contributed by atoms with E-state index in [4.69, 9.17) is 0 Å². The molecular weight excluding hydrogens is 306 g/mol. The first-order valence-corrected chi connectivity index (χ1v) is 9.31. The van der Waals surface area contributed by atoms with Gasteiger partial charge in [0.15, 0.2) is 0 Å². The van der Waals surface area contributed by atoms with Gasteiger partial charge in [-0.2, -0.15) is 0 Å². The number of fused-ring (bicyclic) bond motifs is 1. The first-order valence-electron chi connectivity index (χ1n) is 9.31. The molecule has 1 saturated heterocycles. The van der Waals surface area contributed by atoms with Crippen LogP contribution in [0.4, 0.5) is 5.69 Å². The van der Waals surface area contributed by atoms with Crippen LogP contribution in [0.5, 0.6) is 0 Å². The van der Waals surface area contributed by atoms with Crippen molar-refractivity contribution in [2.45, 2.75) is 19.0 Å². The number of hydrogen-bond acceptors (Lipinski definition) is 3. The number of anilines is 1. The monoisotopic (exact) mass is 333 g/mol. The zero-order valence-electron chi connectivity index (χ0n) is 14.8. The largest absolute Gasteiger partial charge is 0.380 e. The summed E-state index contributed by atoms with van der Waals surface area (Å²) in [5.74, 6) is 0. The maximum atomic E-state index is 3.82. The molecule has 0 bridgehead atoms. The molecule has 2 aromatic carbocycles. The van der Waals surface area contributed by atoms with Crippen molar-refractivity contribution in [2.24, 2.45) is 0 Å². The molecule has 4 rings (SSSR count). The van der Waals surface area contributed by atoms with Gasteiger partial charge in [0.05, 0.1) is 0 Å². The van der Waals surface area contributed by atoms with E-state index in [-0.39, 0.29) is 0 Å². The Labute approximate surface area is 151 Å². The Hall–Kier alpha value is -2.10. The summed E-state index contributed by atoms with van der Waals surface area (Å²) in [6.07, 6.45) is 3.06. The lowest BCUT2D eigenvalue weighted by Crippen LogP contribution is -2.48. The highest BCUT2D eigenvalue weighted by molar-refractivity contribution is 5.56. The average molecular weight is 333 g/mol. The van der Waals surface area contributed by atoms with Crippen LogP contribution in [0.15, 0.2) is 55.1 Å². The summed E-state index contributed by atoms with van der Waals surface area (Å²) in [7, 11) is 0. The van der Waals surface area contributed by atoms with E-state index in [2.05, 4.69) is 70.2 Å². The number of hydrogen-bond donors (Lipinski definition) is 1. The fraction of sp³-hybridized carbons (Fsp3) is 0.364. The van der Waals surface area contributed by atoms with Gasteiger partial charge >= 0.3 is 0 Å². The van der Waals surface area contributed by atoms with E-state index in [1.54, 1.807) is 0 Å². The van der Waals surface area contributed by atoms with Crippen LogP contribution in [0.2, 0.25) is 0 Å². The van der Waals surface area contributed by atoms with Crippen LogP contribution >= 0.6 is 0 Å². The molecular formula is C22H27N3. The topological polar surface area (TPSA) is 18.5 Å². The maximum absolute atomic E-state index is 3.82. The fourth-order valence-corrected chi connectivity index (χ4v) is 3.94. The smallest absolute Gasteiger partial charge is 0.0429 e. The SMILES string of the molecule is C=Cc1ccc(CN2CCN(C[C@@H]3Cc4ccccc4N3)CC2)cc1. The van der Waals surface area contributed by atoms with Gasteiger partial charge < -0.3 is 5.32 Å². The second kappa shape index (κ2) is 7.42.